The molecule has 1 aliphatic carbocycles. The van der Waals surface area contributed by atoms with Crippen molar-refractivity contribution in [1.29, 1.82) is 0 Å². The second-order valence-electron chi connectivity index (χ2n) is 5.54. The first kappa shape index (κ1) is 13.5. The van der Waals surface area contributed by atoms with Gasteiger partial charge in [-0.2, -0.15) is 0 Å². The van der Waals surface area contributed by atoms with Gasteiger partial charge in [-0.15, -0.1) is 0 Å². The molecule has 1 aromatic carbocycles. The highest BCUT2D eigenvalue weighted by atomic mass is 19.1. The molecule has 1 fully saturated rings. The number of rotatable bonds is 7. The number of halogens is 1. The van der Waals surface area contributed by atoms with E-state index in [-0.39, 0.29) is 5.82 Å². The lowest BCUT2D eigenvalue weighted by Crippen LogP contribution is -2.32. The van der Waals surface area contributed by atoms with Crippen molar-refractivity contribution in [3.8, 4) is 0 Å². The number of hydrogen-bond acceptors (Lipinski definition) is 1. The Morgan fingerprint density at radius 2 is 1.94 bits per heavy atom. The molecule has 1 N–H and O–H groups in total. The van der Waals surface area contributed by atoms with Gasteiger partial charge < -0.3 is 5.32 Å². The van der Waals surface area contributed by atoms with Crippen molar-refractivity contribution in [2.24, 2.45) is 5.92 Å². The van der Waals surface area contributed by atoms with E-state index in [9.17, 15) is 4.39 Å². The van der Waals surface area contributed by atoms with Crippen molar-refractivity contribution in [2.75, 3.05) is 0 Å². The Bertz CT molecular complexity index is 356. The molecule has 0 spiro atoms. The first-order chi connectivity index (χ1) is 8.70. The minimum Gasteiger partial charge on any atom is -0.307 e. The molecule has 1 aromatic rings. The Balaban J connectivity index is 2.00. The maximum Gasteiger partial charge on any atom is 0.123 e. The quantitative estimate of drug-likeness (QED) is 0.753. The third kappa shape index (κ3) is 3.81. The highest BCUT2D eigenvalue weighted by Crippen LogP contribution is 2.34. The van der Waals surface area contributed by atoms with Gasteiger partial charge in [0, 0.05) is 12.1 Å². The maximum atomic E-state index is 13.0. The Labute approximate surface area is 110 Å². The van der Waals surface area contributed by atoms with Gasteiger partial charge in [0.15, 0.2) is 0 Å². The van der Waals surface area contributed by atoms with Crippen LogP contribution < -0.4 is 5.32 Å². The van der Waals surface area contributed by atoms with Crippen molar-refractivity contribution >= 4 is 0 Å². The predicted octanol–water partition coefficient (Wildman–Crippen LogP) is 4.45. The number of hydrogen-bond donors (Lipinski definition) is 1. The van der Waals surface area contributed by atoms with E-state index in [0.29, 0.717) is 12.1 Å². The van der Waals surface area contributed by atoms with Gasteiger partial charge in [0.1, 0.15) is 5.82 Å². The lowest BCUT2D eigenvalue weighted by Gasteiger charge is -2.24. The second kappa shape index (κ2) is 6.33. The van der Waals surface area contributed by atoms with Crippen LogP contribution >= 0.6 is 0 Å². The van der Waals surface area contributed by atoms with Crippen LogP contribution in [0.1, 0.15) is 57.6 Å². The number of unbranched alkanes of at least 4 members (excludes halogenated alkanes) is 1. The van der Waals surface area contributed by atoms with Gasteiger partial charge in [-0.05, 0) is 49.8 Å². The normalized spacial score (nSPS) is 18.6. The minimum absolute atomic E-state index is 0.150. The van der Waals surface area contributed by atoms with E-state index >= 15 is 0 Å². The predicted molar refractivity (Wildman–Crippen MR) is 74.0 cm³/mol. The van der Waals surface area contributed by atoms with E-state index in [1.807, 2.05) is 12.1 Å². The molecule has 18 heavy (non-hydrogen) atoms. The van der Waals surface area contributed by atoms with Crippen molar-refractivity contribution in [2.45, 2.75) is 58.0 Å². The van der Waals surface area contributed by atoms with E-state index in [0.717, 1.165) is 12.3 Å². The lowest BCUT2D eigenvalue weighted by atomic mass is 9.99. The highest BCUT2D eigenvalue weighted by Gasteiger charge is 2.29. The summed E-state index contributed by atoms with van der Waals surface area (Å²) in [5.74, 6) is 0.706. The number of benzene rings is 1. The maximum absolute atomic E-state index is 13.0. The molecule has 0 radical (unpaired) electrons. The smallest absolute Gasteiger partial charge is 0.123 e. The van der Waals surface area contributed by atoms with Crippen molar-refractivity contribution in [3.05, 3.63) is 35.6 Å². The molecule has 0 aliphatic heterocycles. The molecule has 0 heterocycles. The van der Waals surface area contributed by atoms with Gasteiger partial charge in [-0.3, -0.25) is 0 Å². The fourth-order valence-corrected chi connectivity index (χ4v) is 2.50. The minimum atomic E-state index is -0.150. The summed E-state index contributed by atoms with van der Waals surface area (Å²) in [6.45, 7) is 4.49. The Morgan fingerprint density at radius 3 is 2.50 bits per heavy atom. The molecule has 2 unspecified atom stereocenters. The van der Waals surface area contributed by atoms with Crippen molar-refractivity contribution < 1.29 is 4.39 Å². The van der Waals surface area contributed by atoms with Gasteiger partial charge in [-0.1, -0.05) is 31.9 Å². The largest absolute Gasteiger partial charge is 0.307 e. The Kier molecular flexibility index (Phi) is 4.76. The first-order valence-electron chi connectivity index (χ1n) is 7.22. The lowest BCUT2D eigenvalue weighted by molar-refractivity contribution is 0.397. The molecule has 100 valence electrons. The summed E-state index contributed by atoms with van der Waals surface area (Å²) in [6, 6.07) is 7.93. The van der Waals surface area contributed by atoms with Crippen molar-refractivity contribution in [1.82, 2.24) is 5.32 Å². The zero-order valence-corrected chi connectivity index (χ0v) is 11.5. The molecular weight excluding hydrogens is 225 g/mol. The van der Waals surface area contributed by atoms with Crippen LogP contribution in [0.2, 0.25) is 0 Å². The van der Waals surface area contributed by atoms with E-state index in [2.05, 4.69) is 19.2 Å². The molecule has 1 aliphatic rings. The van der Waals surface area contributed by atoms with Crippen LogP contribution in [0.15, 0.2) is 24.3 Å². The summed E-state index contributed by atoms with van der Waals surface area (Å²) in [5.41, 5.74) is 1.22. The Hall–Kier alpha value is -0.890. The van der Waals surface area contributed by atoms with Crippen LogP contribution in [0, 0.1) is 11.7 Å². The van der Waals surface area contributed by atoms with Crippen LogP contribution in [0.25, 0.3) is 0 Å². The fraction of sp³-hybridized carbons (Fsp3) is 0.625. The van der Waals surface area contributed by atoms with Crippen LogP contribution in [-0.4, -0.2) is 6.04 Å². The van der Waals surface area contributed by atoms with Crippen LogP contribution in [0.4, 0.5) is 4.39 Å². The monoisotopic (exact) mass is 249 g/mol. The summed E-state index contributed by atoms with van der Waals surface area (Å²) < 4.78 is 13.0. The fourth-order valence-electron chi connectivity index (χ4n) is 2.50. The highest BCUT2D eigenvalue weighted by molar-refractivity contribution is 5.20. The molecule has 0 bridgehead atoms. The van der Waals surface area contributed by atoms with Gasteiger partial charge in [0.05, 0.1) is 0 Å². The molecule has 2 atom stereocenters. The summed E-state index contributed by atoms with van der Waals surface area (Å²) in [5, 5.41) is 3.73. The summed E-state index contributed by atoms with van der Waals surface area (Å²) in [4.78, 5) is 0. The van der Waals surface area contributed by atoms with E-state index in [1.165, 1.54) is 31.2 Å². The zero-order chi connectivity index (χ0) is 13.0. The third-order valence-corrected chi connectivity index (χ3v) is 3.91. The second-order valence-corrected chi connectivity index (χ2v) is 5.54. The summed E-state index contributed by atoms with van der Waals surface area (Å²) in [6.07, 6.45) is 6.28. The molecule has 0 saturated heterocycles. The van der Waals surface area contributed by atoms with Gasteiger partial charge >= 0.3 is 0 Å². The van der Waals surface area contributed by atoms with Gasteiger partial charge in [0.25, 0.3) is 0 Å². The Morgan fingerprint density at radius 1 is 1.28 bits per heavy atom. The average molecular weight is 249 g/mol. The molecule has 2 rings (SSSR count). The summed E-state index contributed by atoms with van der Waals surface area (Å²) in [7, 11) is 0. The molecule has 1 nitrogen and oxygen atoms in total. The zero-order valence-electron chi connectivity index (χ0n) is 11.5. The standard InChI is InChI=1S/C16H24FN/c1-3-4-5-16(18-12(2)13-6-7-13)14-8-10-15(17)11-9-14/h8-13,16,18H,3-7H2,1-2H3. The average Bonchev–Trinajstić information content (AvgIpc) is 3.19. The van der Waals surface area contributed by atoms with Gasteiger partial charge in [-0.25, -0.2) is 4.39 Å². The van der Waals surface area contributed by atoms with Crippen molar-refractivity contribution in [3.63, 3.8) is 0 Å². The molecule has 2 heteroatoms. The SMILES string of the molecule is CCCCC(NC(C)C1CC1)c1ccc(F)cc1. The number of nitrogens with one attached hydrogen (secondary N) is 1. The molecule has 1 saturated carbocycles. The topological polar surface area (TPSA) is 12.0 Å². The molecule has 0 amide bonds. The van der Waals surface area contributed by atoms with E-state index in [4.69, 9.17) is 0 Å². The third-order valence-electron chi connectivity index (χ3n) is 3.91. The first-order valence-corrected chi connectivity index (χ1v) is 7.22. The van der Waals surface area contributed by atoms with Gasteiger partial charge in [0.2, 0.25) is 0 Å². The molecule has 0 aromatic heterocycles. The van der Waals surface area contributed by atoms with E-state index in [1.54, 1.807) is 12.1 Å². The summed E-state index contributed by atoms with van der Waals surface area (Å²) >= 11 is 0. The van der Waals surface area contributed by atoms with E-state index < -0.39 is 0 Å². The van der Waals surface area contributed by atoms with Crippen LogP contribution in [-0.2, 0) is 0 Å². The molecular formula is C16H24FN. The van der Waals surface area contributed by atoms with Crippen LogP contribution in [0.5, 0.6) is 0 Å². The van der Waals surface area contributed by atoms with Crippen LogP contribution in [0.3, 0.4) is 0 Å².